The molecule has 6 nitrogen and oxygen atoms in total. The lowest BCUT2D eigenvalue weighted by Crippen LogP contribution is -2.46. The predicted molar refractivity (Wildman–Crippen MR) is 126 cm³/mol. The summed E-state index contributed by atoms with van der Waals surface area (Å²) in [5.74, 6) is 0.971. The number of amides is 2. The Hall–Kier alpha value is -2.44. The summed E-state index contributed by atoms with van der Waals surface area (Å²) < 4.78 is 11.3. The topological polar surface area (TPSA) is 67.9 Å². The number of likely N-dealkylation sites (tertiary alicyclic amines) is 1. The fraction of sp³-hybridized carbons (Fsp3) is 0.417. The number of ether oxygens (including phenoxy) is 2. The molecule has 2 aromatic rings. The van der Waals surface area contributed by atoms with Crippen molar-refractivity contribution >= 4 is 35.0 Å². The molecule has 0 radical (unpaired) electrons. The highest BCUT2D eigenvalue weighted by Crippen LogP contribution is 2.29. The van der Waals surface area contributed by atoms with E-state index in [9.17, 15) is 9.59 Å². The summed E-state index contributed by atoms with van der Waals surface area (Å²) in [5, 5.41) is 3.72. The number of hydrogen-bond acceptors (Lipinski definition) is 4. The SMILES string of the molecule is CCOc1ccc(CCNC(=O)C2CCCN2C(=O)c2cc(Cl)ccc2Cl)cc1OCC. The molecule has 0 aliphatic carbocycles. The average molecular weight is 479 g/mol. The Bertz CT molecular complexity index is 967. The van der Waals surface area contributed by atoms with Crippen LogP contribution in [-0.2, 0) is 11.2 Å². The van der Waals surface area contributed by atoms with Gasteiger partial charge in [0.05, 0.1) is 23.8 Å². The molecule has 172 valence electrons. The standard InChI is InChI=1S/C24H28Cl2N2O4/c1-3-31-21-10-7-16(14-22(21)32-4-2)11-12-27-23(29)20-6-5-13-28(20)24(30)18-15-17(25)8-9-19(18)26/h7-10,14-15,20H,3-6,11-13H2,1-2H3,(H,27,29). The minimum absolute atomic E-state index is 0.162. The quantitative estimate of drug-likeness (QED) is 0.564. The molecule has 1 N–H and O–H groups in total. The summed E-state index contributed by atoms with van der Waals surface area (Å²) in [5.41, 5.74) is 1.35. The maximum atomic E-state index is 13.0. The zero-order valence-electron chi connectivity index (χ0n) is 18.3. The second kappa shape index (κ2) is 11.4. The molecule has 1 saturated heterocycles. The van der Waals surface area contributed by atoms with Gasteiger partial charge in [-0.2, -0.15) is 0 Å². The van der Waals surface area contributed by atoms with Crippen LogP contribution >= 0.6 is 23.2 Å². The number of carbonyl (C=O) groups excluding carboxylic acids is 2. The molecule has 0 aromatic heterocycles. The van der Waals surface area contributed by atoms with E-state index in [1.54, 1.807) is 23.1 Å². The van der Waals surface area contributed by atoms with E-state index in [1.807, 2.05) is 32.0 Å². The molecular formula is C24H28Cl2N2O4. The lowest BCUT2D eigenvalue weighted by atomic mass is 10.1. The van der Waals surface area contributed by atoms with Crippen LogP contribution in [-0.4, -0.2) is 49.1 Å². The van der Waals surface area contributed by atoms with E-state index >= 15 is 0 Å². The third-order valence-electron chi connectivity index (χ3n) is 5.30. The molecule has 2 aromatic carbocycles. The summed E-state index contributed by atoms with van der Waals surface area (Å²) in [6, 6.07) is 10.0. The molecule has 1 heterocycles. The highest BCUT2D eigenvalue weighted by molar-refractivity contribution is 6.35. The van der Waals surface area contributed by atoms with Crippen molar-refractivity contribution < 1.29 is 19.1 Å². The molecule has 1 fully saturated rings. The van der Waals surface area contributed by atoms with Gasteiger partial charge >= 0.3 is 0 Å². The molecule has 8 heteroatoms. The van der Waals surface area contributed by atoms with E-state index in [0.717, 1.165) is 12.0 Å². The molecule has 0 bridgehead atoms. The van der Waals surface area contributed by atoms with Crippen LogP contribution in [0.4, 0.5) is 0 Å². The number of nitrogens with one attached hydrogen (secondary N) is 1. The van der Waals surface area contributed by atoms with Crippen LogP contribution in [0.15, 0.2) is 36.4 Å². The van der Waals surface area contributed by atoms with E-state index in [-0.39, 0.29) is 11.8 Å². The first kappa shape index (κ1) is 24.2. The predicted octanol–water partition coefficient (Wildman–Crippen LogP) is 4.75. The molecule has 0 spiro atoms. The maximum absolute atomic E-state index is 13.0. The van der Waals surface area contributed by atoms with Gasteiger partial charge in [-0.25, -0.2) is 0 Å². The fourth-order valence-corrected chi connectivity index (χ4v) is 4.17. The van der Waals surface area contributed by atoms with Gasteiger partial charge in [-0.3, -0.25) is 9.59 Å². The number of benzene rings is 2. The lowest BCUT2D eigenvalue weighted by molar-refractivity contribution is -0.124. The first-order chi connectivity index (χ1) is 15.4. The largest absolute Gasteiger partial charge is 0.490 e. The third kappa shape index (κ3) is 5.87. The minimum atomic E-state index is -0.517. The van der Waals surface area contributed by atoms with Gasteiger partial charge in [0.15, 0.2) is 11.5 Å². The van der Waals surface area contributed by atoms with Crippen molar-refractivity contribution in [1.29, 1.82) is 0 Å². The van der Waals surface area contributed by atoms with Crippen molar-refractivity contribution in [2.45, 2.75) is 39.2 Å². The Morgan fingerprint density at radius 2 is 1.81 bits per heavy atom. The van der Waals surface area contributed by atoms with Gasteiger partial charge in [0, 0.05) is 18.1 Å². The molecular weight excluding hydrogens is 451 g/mol. The first-order valence-corrected chi connectivity index (χ1v) is 11.6. The third-order valence-corrected chi connectivity index (χ3v) is 5.86. The van der Waals surface area contributed by atoms with E-state index in [4.69, 9.17) is 32.7 Å². The second-order valence-corrected chi connectivity index (χ2v) is 8.31. The van der Waals surface area contributed by atoms with Crippen molar-refractivity contribution in [3.63, 3.8) is 0 Å². The van der Waals surface area contributed by atoms with Gasteiger partial charge in [-0.05, 0) is 69.0 Å². The highest BCUT2D eigenvalue weighted by Gasteiger charge is 2.35. The van der Waals surface area contributed by atoms with Crippen LogP contribution in [0.1, 0.15) is 42.6 Å². The molecule has 1 aliphatic rings. The summed E-state index contributed by atoms with van der Waals surface area (Å²) in [6.45, 7) is 5.92. The molecule has 1 aliphatic heterocycles. The van der Waals surface area contributed by atoms with E-state index < -0.39 is 6.04 Å². The van der Waals surface area contributed by atoms with Gasteiger partial charge in [0.1, 0.15) is 6.04 Å². The number of nitrogens with zero attached hydrogens (tertiary/aromatic N) is 1. The summed E-state index contributed by atoms with van der Waals surface area (Å²) in [6.07, 6.45) is 2.02. The second-order valence-electron chi connectivity index (χ2n) is 7.47. The summed E-state index contributed by atoms with van der Waals surface area (Å²) >= 11 is 12.2. The monoisotopic (exact) mass is 478 g/mol. The Balaban J connectivity index is 1.60. The highest BCUT2D eigenvalue weighted by atomic mass is 35.5. The summed E-state index contributed by atoms with van der Waals surface area (Å²) in [7, 11) is 0. The van der Waals surface area contributed by atoms with Gasteiger partial charge in [-0.1, -0.05) is 29.3 Å². The zero-order valence-corrected chi connectivity index (χ0v) is 19.8. The molecule has 2 amide bonds. The van der Waals surface area contributed by atoms with Crippen LogP contribution in [0.2, 0.25) is 10.0 Å². The van der Waals surface area contributed by atoms with Crippen molar-refractivity contribution in [3.8, 4) is 11.5 Å². The average Bonchev–Trinajstić information content (AvgIpc) is 3.27. The number of halogens is 2. The maximum Gasteiger partial charge on any atom is 0.256 e. The van der Waals surface area contributed by atoms with Crippen molar-refractivity contribution in [2.75, 3.05) is 26.3 Å². The van der Waals surface area contributed by atoms with Gasteiger partial charge in [-0.15, -0.1) is 0 Å². The van der Waals surface area contributed by atoms with E-state index in [0.29, 0.717) is 66.3 Å². The Morgan fingerprint density at radius 3 is 2.56 bits per heavy atom. The first-order valence-electron chi connectivity index (χ1n) is 10.9. The molecule has 3 rings (SSSR count). The van der Waals surface area contributed by atoms with E-state index in [1.165, 1.54) is 0 Å². The molecule has 1 atom stereocenters. The molecule has 0 saturated carbocycles. The Kier molecular flexibility index (Phi) is 8.65. The normalized spacial score (nSPS) is 15.5. The number of rotatable bonds is 9. The Morgan fingerprint density at radius 1 is 1.06 bits per heavy atom. The minimum Gasteiger partial charge on any atom is -0.490 e. The van der Waals surface area contributed by atoms with Crippen LogP contribution in [0, 0.1) is 0 Å². The summed E-state index contributed by atoms with van der Waals surface area (Å²) in [4.78, 5) is 27.4. The van der Waals surface area contributed by atoms with Crippen LogP contribution in [0.3, 0.4) is 0 Å². The van der Waals surface area contributed by atoms with Crippen LogP contribution < -0.4 is 14.8 Å². The smallest absolute Gasteiger partial charge is 0.256 e. The van der Waals surface area contributed by atoms with Gasteiger partial charge < -0.3 is 19.7 Å². The van der Waals surface area contributed by atoms with Gasteiger partial charge in [0.2, 0.25) is 5.91 Å². The van der Waals surface area contributed by atoms with Crippen molar-refractivity contribution in [1.82, 2.24) is 10.2 Å². The lowest BCUT2D eigenvalue weighted by Gasteiger charge is -2.24. The van der Waals surface area contributed by atoms with Crippen LogP contribution in [0.5, 0.6) is 11.5 Å². The number of carbonyl (C=O) groups is 2. The van der Waals surface area contributed by atoms with Crippen molar-refractivity contribution in [2.24, 2.45) is 0 Å². The molecule has 32 heavy (non-hydrogen) atoms. The zero-order chi connectivity index (χ0) is 23.1. The van der Waals surface area contributed by atoms with Gasteiger partial charge in [0.25, 0.3) is 5.91 Å². The van der Waals surface area contributed by atoms with Crippen LogP contribution in [0.25, 0.3) is 0 Å². The Labute approximate surface area is 198 Å². The molecule has 1 unspecified atom stereocenters. The fourth-order valence-electron chi connectivity index (χ4n) is 3.80. The van der Waals surface area contributed by atoms with Crippen molar-refractivity contribution in [3.05, 3.63) is 57.6 Å². The number of hydrogen-bond donors (Lipinski definition) is 1. The van der Waals surface area contributed by atoms with E-state index in [2.05, 4.69) is 5.32 Å².